The van der Waals surface area contributed by atoms with E-state index >= 15 is 0 Å². The maximum absolute atomic E-state index is 13.6. The van der Waals surface area contributed by atoms with E-state index < -0.39 is 38.5 Å². The molecule has 1 aliphatic rings. The number of ether oxygens (including phenoxy) is 2. The van der Waals surface area contributed by atoms with E-state index in [0.717, 1.165) is 28.7 Å². The molecule has 258 valence electrons. The number of benzene rings is 2. The van der Waals surface area contributed by atoms with E-state index in [1.807, 2.05) is 45.0 Å². The van der Waals surface area contributed by atoms with Gasteiger partial charge in [-0.1, -0.05) is 103 Å². The number of hydrogen-bond acceptors (Lipinski definition) is 6. The molecule has 0 fully saturated rings. The number of rotatable bonds is 14. The van der Waals surface area contributed by atoms with Crippen LogP contribution in [0.1, 0.15) is 85.3 Å². The summed E-state index contributed by atoms with van der Waals surface area (Å²) in [5.74, 6) is -1.83. The number of amides is 1. The molecule has 0 unspecified atom stereocenters. The van der Waals surface area contributed by atoms with Gasteiger partial charge in [0.15, 0.2) is 8.32 Å². The second kappa shape index (κ2) is 15.6. The first-order valence-electron chi connectivity index (χ1n) is 16.8. The van der Waals surface area contributed by atoms with Crippen LogP contribution in [-0.4, -0.2) is 68.3 Å². The minimum Gasteiger partial charge on any atom is -0.478 e. The molecule has 0 heterocycles. The second-order valence-electron chi connectivity index (χ2n) is 14.6. The largest absolute Gasteiger partial charge is 0.478 e. The van der Waals surface area contributed by atoms with Gasteiger partial charge in [0.1, 0.15) is 18.8 Å². The van der Waals surface area contributed by atoms with E-state index in [-0.39, 0.29) is 41.1 Å². The number of carboxylic acids is 1. The molecule has 5 atom stereocenters. The first-order chi connectivity index (χ1) is 21.9. The summed E-state index contributed by atoms with van der Waals surface area (Å²) in [5, 5.41) is 9.41. The van der Waals surface area contributed by atoms with Crippen LogP contribution in [-0.2, 0) is 23.5 Å². The van der Waals surface area contributed by atoms with Gasteiger partial charge in [-0.05, 0) is 66.6 Å². The molecular formula is C38H55NO7Si. The Kier molecular flexibility index (Phi) is 12.7. The molecule has 0 saturated heterocycles. The van der Waals surface area contributed by atoms with Crippen LogP contribution < -0.4 is 0 Å². The zero-order valence-corrected chi connectivity index (χ0v) is 31.1. The summed E-state index contributed by atoms with van der Waals surface area (Å²) >= 11 is 0. The molecule has 1 aliphatic carbocycles. The van der Waals surface area contributed by atoms with Crippen LogP contribution in [0.2, 0.25) is 18.1 Å². The van der Waals surface area contributed by atoms with Crippen LogP contribution in [0.3, 0.4) is 0 Å². The molecule has 47 heavy (non-hydrogen) atoms. The van der Waals surface area contributed by atoms with Gasteiger partial charge in [-0.3, -0.25) is 4.90 Å². The lowest BCUT2D eigenvalue weighted by molar-refractivity contribution is -0.162. The summed E-state index contributed by atoms with van der Waals surface area (Å²) in [4.78, 5) is 39.8. The van der Waals surface area contributed by atoms with E-state index in [1.165, 1.54) is 4.90 Å². The molecule has 8 nitrogen and oxygen atoms in total. The Morgan fingerprint density at radius 3 is 2.00 bits per heavy atom. The molecule has 0 saturated carbocycles. The van der Waals surface area contributed by atoms with Gasteiger partial charge < -0.3 is 19.0 Å². The summed E-state index contributed by atoms with van der Waals surface area (Å²) < 4.78 is 18.9. The van der Waals surface area contributed by atoms with E-state index in [0.29, 0.717) is 6.42 Å². The van der Waals surface area contributed by atoms with Crippen LogP contribution in [0.4, 0.5) is 4.79 Å². The first-order valence-corrected chi connectivity index (χ1v) is 19.7. The predicted octanol–water partition coefficient (Wildman–Crippen LogP) is 8.66. The lowest BCUT2D eigenvalue weighted by Gasteiger charge is -2.43. The third-order valence-electron chi connectivity index (χ3n) is 10.4. The van der Waals surface area contributed by atoms with Crippen molar-refractivity contribution in [2.45, 2.75) is 111 Å². The van der Waals surface area contributed by atoms with Gasteiger partial charge in [0.05, 0.1) is 6.10 Å². The number of carbonyl (C=O) groups excluding carboxylic acids is 2. The minimum atomic E-state index is -2.27. The molecule has 0 radical (unpaired) electrons. The summed E-state index contributed by atoms with van der Waals surface area (Å²) in [6.45, 7) is 20.3. The number of carboxylic acid groups (broad SMARTS) is 1. The minimum absolute atomic E-state index is 0.00373. The average molecular weight is 666 g/mol. The highest BCUT2D eigenvalue weighted by atomic mass is 28.4. The SMILES string of the molecule is CC[C@H](C)[C@@H](OC(=O)[C@H](C)N(C)C(=O)OCC1c2ccccc2-c2ccccc21)[C@@H](C)[C@H](C/C=C(\C)C(=O)O)O[Si](C)(C)C(C)(C)C. The summed E-state index contributed by atoms with van der Waals surface area (Å²) in [6.07, 6.45) is 1.35. The van der Waals surface area contributed by atoms with E-state index in [4.69, 9.17) is 13.9 Å². The first kappa shape index (κ1) is 38.0. The summed E-state index contributed by atoms with van der Waals surface area (Å²) in [5.41, 5.74) is 4.76. The maximum Gasteiger partial charge on any atom is 0.410 e. The van der Waals surface area contributed by atoms with Gasteiger partial charge in [0, 0.05) is 24.5 Å². The molecule has 0 aliphatic heterocycles. The standard InChI is InChI=1S/C38H55NO7Si/c1-12-24(2)34(26(4)33(22-21-25(3)35(40)41)46-47(10,11)38(6,7)8)45-36(42)27(5)39(9)37(43)44-23-32-30-19-15-13-17-28(30)29-18-14-16-20-31(29)32/h13-21,24,26-27,32-34H,12,22-23H2,1-11H3,(H,40,41)/b25-21+/t24-,26-,27-,33-,34+/m0/s1. The van der Waals surface area contributed by atoms with E-state index in [1.54, 1.807) is 27.0 Å². The highest BCUT2D eigenvalue weighted by Crippen LogP contribution is 2.44. The molecule has 9 heteroatoms. The van der Waals surface area contributed by atoms with Crippen molar-refractivity contribution in [3.63, 3.8) is 0 Å². The molecule has 2 aromatic rings. The van der Waals surface area contributed by atoms with Gasteiger partial charge in [0.25, 0.3) is 0 Å². The van der Waals surface area contributed by atoms with Gasteiger partial charge in [-0.15, -0.1) is 0 Å². The molecule has 2 aromatic carbocycles. The van der Waals surface area contributed by atoms with Crippen LogP contribution in [0, 0.1) is 11.8 Å². The van der Waals surface area contributed by atoms with Crippen LogP contribution in [0.15, 0.2) is 60.2 Å². The van der Waals surface area contributed by atoms with Crippen molar-refractivity contribution in [2.75, 3.05) is 13.7 Å². The lowest BCUT2D eigenvalue weighted by atomic mass is 9.86. The molecule has 3 rings (SSSR count). The maximum atomic E-state index is 13.6. The smallest absolute Gasteiger partial charge is 0.410 e. The van der Waals surface area contributed by atoms with E-state index in [9.17, 15) is 19.5 Å². The third kappa shape index (κ3) is 8.93. The zero-order chi connectivity index (χ0) is 35.3. The van der Waals surface area contributed by atoms with E-state index in [2.05, 4.69) is 58.1 Å². The Labute approximate surface area is 282 Å². The molecule has 1 amide bonds. The monoisotopic (exact) mass is 665 g/mol. The molecule has 0 bridgehead atoms. The molecule has 0 spiro atoms. The number of esters is 1. The van der Waals surface area contributed by atoms with Crippen molar-refractivity contribution < 1.29 is 33.4 Å². The van der Waals surface area contributed by atoms with Crippen LogP contribution in [0.25, 0.3) is 11.1 Å². The number of fused-ring (bicyclic) bond motifs is 3. The van der Waals surface area contributed by atoms with Gasteiger partial charge in [-0.25, -0.2) is 14.4 Å². The lowest BCUT2D eigenvalue weighted by Crippen LogP contribution is -2.49. The zero-order valence-electron chi connectivity index (χ0n) is 30.1. The van der Waals surface area contributed by atoms with Crippen molar-refractivity contribution in [2.24, 2.45) is 11.8 Å². The van der Waals surface area contributed by atoms with Crippen molar-refractivity contribution >= 4 is 26.3 Å². The second-order valence-corrected chi connectivity index (χ2v) is 19.3. The van der Waals surface area contributed by atoms with Crippen LogP contribution in [0.5, 0.6) is 0 Å². The third-order valence-corrected chi connectivity index (χ3v) is 14.9. The topological polar surface area (TPSA) is 102 Å². The van der Waals surface area contributed by atoms with Crippen molar-refractivity contribution in [1.29, 1.82) is 0 Å². The normalized spacial score (nSPS) is 16.7. The number of nitrogens with zero attached hydrogens (tertiary/aromatic N) is 1. The fourth-order valence-electron chi connectivity index (χ4n) is 5.74. The number of aliphatic carboxylic acids is 1. The van der Waals surface area contributed by atoms with Crippen molar-refractivity contribution in [1.82, 2.24) is 4.90 Å². The van der Waals surface area contributed by atoms with Crippen LogP contribution >= 0.6 is 0 Å². The molecule has 1 N–H and O–H groups in total. The average Bonchev–Trinajstić information content (AvgIpc) is 3.35. The Balaban J connectivity index is 1.75. The molecular weight excluding hydrogens is 611 g/mol. The number of hydrogen-bond donors (Lipinski definition) is 1. The Morgan fingerprint density at radius 2 is 1.51 bits per heavy atom. The fourth-order valence-corrected chi connectivity index (χ4v) is 7.16. The van der Waals surface area contributed by atoms with Crippen molar-refractivity contribution in [3.8, 4) is 11.1 Å². The molecule has 0 aromatic heterocycles. The highest BCUT2D eigenvalue weighted by Gasteiger charge is 2.43. The number of likely N-dealkylation sites (N-methyl/N-ethyl adjacent to an activating group) is 1. The Hall–Kier alpha value is -3.43. The van der Waals surface area contributed by atoms with Gasteiger partial charge >= 0.3 is 18.0 Å². The Bertz CT molecular complexity index is 1400. The summed E-state index contributed by atoms with van der Waals surface area (Å²) in [7, 11) is -0.716. The Morgan fingerprint density at radius 1 is 0.979 bits per heavy atom. The predicted molar refractivity (Wildman–Crippen MR) is 189 cm³/mol. The van der Waals surface area contributed by atoms with Gasteiger partial charge in [-0.2, -0.15) is 0 Å². The summed E-state index contributed by atoms with van der Waals surface area (Å²) in [6, 6.07) is 15.4. The van der Waals surface area contributed by atoms with Gasteiger partial charge in [0.2, 0.25) is 0 Å². The highest BCUT2D eigenvalue weighted by molar-refractivity contribution is 6.74. The number of carbonyl (C=O) groups is 3. The van der Waals surface area contributed by atoms with Crippen molar-refractivity contribution in [3.05, 3.63) is 71.3 Å². The fraction of sp³-hybridized carbons (Fsp3) is 0.553. The quantitative estimate of drug-likeness (QED) is 0.122.